The Kier molecular flexibility index (Phi) is 6.70. The molecule has 0 fully saturated rings. The van der Waals surface area contributed by atoms with Gasteiger partial charge >= 0.3 is 5.97 Å². The number of nitrogens with one attached hydrogen (secondary N) is 2. The minimum absolute atomic E-state index is 0.0174. The van der Waals surface area contributed by atoms with Gasteiger partial charge in [-0.2, -0.15) is 8.75 Å². The molecule has 2 N–H and O–H groups in total. The standard InChI is InChI=1S/C22H18N4O6S2/c1-31-16-10-8-15(9-11-16)26-34(29,30)17-5-2-4-14(12-17)22(28)32-13-20(27)23-18-6-3-7-19-21(18)25-33-24-19/h2-12,26H,13H2,1H3,(H,23,27). The summed E-state index contributed by atoms with van der Waals surface area (Å²) in [6.45, 7) is -0.562. The smallest absolute Gasteiger partial charge is 0.338 e. The van der Waals surface area contributed by atoms with E-state index in [4.69, 9.17) is 9.47 Å². The van der Waals surface area contributed by atoms with Crippen molar-refractivity contribution in [3.63, 3.8) is 0 Å². The summed E-state index contributed by atoms with van der Waals surface area (Å²) in [7, 11) is -2.46. The molecule has 4 rings (SSSR count). The molecule has 0 spiro atoms. The Morgan fingerprint density at radius 3 is 2.53 bits per heavy atom. The van der Waals surface area contributed by atoms with Gasteiger partial charge in [-0.1, -0.05) is 12.1 Å². The van der Waals surface area contributed by atoms with Crippen LogP contribution in [0.15, 0.2) is 71.6 Å². The van der Waals surface area contributed by atoms with Crippen LogP contribution in [-0.2, 0) is 19.6 Å². The Labute approximate surface area is 198 Å². The Morgan fingerprint density at radius 2 is 1.76 bits per heavy atom. The van der Waals surface area contributed by atoms with Crippen LogP contribution in [0.4, 0.5) is 11.4 Å². The number of aromatic nitrogens is 2. The Bertz CT molecular complexity index is 1450. The van der Waals surface area contributed by atoms with Gasteiger partial charge in [-0.3, -0.25) is 9.52 Å². The van der Waals surface area contributed by atoms with Crippen LogP contribution in [0.25, 0.3) is 11.0 Å². The summed E-state index contributed by atoms with van der Waals surface area (Å²) in [4.78, 5) is 24.5. The summed E-state index contributed by atoms with van der Waals surface area (Å²) in [5.74, 6) is -0.833. The van der Waals surface area contributed by atoms with Crippen molar-refractivity contribution in [1.82, 2.24) is 8.75 Å². The molecule has 0 aliphatic carbocycles. The first kappa shape index (κ1) is 23.1. The lowest BCUT2D eigenvalue weighted by molar-refractivity contribution is -0.119. The molecule has 1 heterocycles. The van der Waals surface area contributed by atoms with Gasteiger partial charge in [0.15, 0.2) is 6.61 Å². The molecule has 3 aromatic carbocycles. The molecule has 1 aromatic heterocycles. The Balaban J connectivity index is 1.40. The van der Waals surface area contributed by atoms with Crippen LogP contribution < -0.4 is 14.8 Å². The Hall–Kier alpha value is -4.03. The maximum atomic E-state index is 12.7. The molecule has 34 heavy (non-hydrogen) atoms. The summed E-state index contributed by atoms with van der Waals surface area (Å²) in [5, 5.41) is 2.62. The van der Waals surface area contributed by atoms with Crippen LogP contribution in [0.2, 0.25) is 0 Å². The van der Waals surface area contributed by atoms with Crippen LogP contribution in [0.1, 0.15) is 10.4 Å². The number of rotatable bonds is 8. The van der Waals surface area contributed by atoms with Gasteiger partial charge in [0.25, 0.3) is 15.9 Å². The highest BCUT2D eigenvalue weighted by Crippen LogP contribution is 2.22. The number of carbonyl (C=O) groups excluding carboxylic acids is 2. The van der Waals surface area contributed by atoms with E-state index in [1.807, 2.05) is 0 Å². The molecular weight excluding hydrogens is 480 g/mol. The van der Waals surface area contributed by atoms with E-state index in [1.54, 1.807) is 42.5 Å². The highest BCUT2D eigenvalue weighted by atomic mass is 32.2. The normalized spacial score (nSPS) is 11.1. The fourth-order valence-electron chi connectivity index (χ4n) is 2.97. The monoisotopic (exact) mass is 498 g/mol. The lowest BCUT2D eigenvalue weighted by Crippen LogP contribution is -2.21. The number of ether oxygens (including phenoxy) is 2. The molecule has 0 atom stereocenters. The van der Waals surface area contributed by atoms with Crippen LogP contribution in [-0.4, -0.2) is 42.8 Å². The predicted octanol–water partition coefficient (Wildman–Crippen LogP) is 3.30. The van der Waals surface area contributed by atoms with Crippen molar-refractivity contribution in [3.8, 4) is 5.75 Å². The molecule has 10 nitrogen and oxygen atoms in total. The van der Waals surface area contributed by atoms with Crippen LogP contribution >= 0.6 is 11.7 Å². The molecule has 4 aromatic rings. The van der Waals surface area contributed by atoms with Gasteiger partial charge in [0.05, 0.1) is 35.0 Å². The maximum absolute atomic E-state index is 12.7. The number of hydrogen-bond acceptors (Lipinski definition) is 9. The largest absolute Gasteiger partial charge is 0.497 e. The zero-order valence-corrected chi connectivity index (χ0v) is 19.4. The van der Waals surface area contributed by atoms with Crippen molar-refractivity contribution in [1.29, 1.82) is 0 Å². The van der Waals surface area contributed by atoms with E-state index in [2.05, 4.69) is 18.8 Å². The summed E-state index contributed by atoms with van der Waals surface area (Å²) >= 11 is 1.02. The van der Waals surface area contributed by atoms with Gasteiger partial charge in [-0.25, -0.2) is 13.2 Å². The molecule has 1 amide bonds. The van der Waals surface area contributed by atoms with Gasteiger partial charge in [0, 0.05) is 5.69 Å². The number of esters is 1. The number of carbonyl (C=O) groups is 2. The van der Waals surface area contributed by atoms with E-state index in [9.17, 15) is 18.0 Å². The average molecular weight is 499 g/mol. The number of nitrogens with zero attached hydrogens (tertiary/aromatic N) is 2. The number of anilines is 2. The third kappa shape index (κ3) is 5.30. The fraction of sp³-hybridized carbons (Fsp3) is 0.0909. The SMILES string of the molecule is COc1ccc(NS(=O)(=O)c2cccc(C(=O)OCC(=O)Nc3cccc4nsnc34)c2)cc1. The average Bonchev–Trinajstić information content (AvgIpc) is 3.33. The van der Waals surface area contributed by atoms with Crippen molar-refractivity contribution in [2.24, 2.45) is 0 Å². The summed E-state index contributed by atoms with van der Waals surface area (Å²) < 4.78 is 46.2. The number of methoxy groups -OCH3 is 1. The molecule has 0 radical (unpaired) electrons. The Morgan fingerprint density at radius 1 is 1.00 bits per heavy atom. The van der Waals surface area contributed by atoms with E-state index >= 15 is 0 Å². The molecule has 0 unspecified atom stereocenters. The first-order valence-electron chi connectivity index (χ1n) is 9.81. The third-order valence-electron chi connectivity index (χ3n) is 4.62. The number of amides is 1. The lowest BCUT2D eigenvalue weighted by atomic mass is 10.2. The highest BCUT2D eigenvalue weighted by Gasteiger charge is 2.18. The lowest BCUT2D eigenvalue weighted by Gasteiger charge is -2.10. The van der Waals surface area contributed by atoms with E-state index in [1.165, 1.54) is 31.4 Å². The van der Waals surface area contributed by atoms with E-state index in [0.717, 1.165) is 11.7 Å². The molecule has 0 saturated heterocycles. The number of fused-ring (bicyclic) bond motifs is 1. The molecule has 12 heteroatoms. The van der Waals surface area contributed by atoms with Crippen LogP contribution in [0, 0.1) is 0 Å². The maximum Gasteiger partial charge on any atom is 0.338 e. The molecule has 174 valence electrons. The van der Waals surface area contributed by atoms with Crippen molar-refractivity contribution >= 4 is 56.0 Å². The van der Waals surface area contributed by atoms with Crippen LogP contribution in [0.5, 0.6) is 5.75 Å². The van der Waals surface area contributed by atoms with Crippen molar-refractivity contribution in [2.45, 2.75) is 4.90 Å². The zero-order chi connectivity index (χ0) is 24.1. The topological polar surface area (TPSA) is 137 Å². The van der Waals surface area contributed by atoms with Gasteiger partial charge in [-0.05, 0) is 54.6 Å². The van der Waals surface area contributed by atoms with Crippen LogP contribution in [0.3, 0.4) is 0 Å². The predicted molar refractivity (Wildman–Crippen MR) is 127 cm³/mol. The quantitative estimate of drug-likeness (QED) is 0.353. The van der Waals surface area contributed by atoms with E-state index < -0.39 is 28.5 Å². The minimum Gasteiger partial charge on any atom is -0.497 e. The second-order valence-corrected chi connectivity index (χ2v) is 9.13. The first-order valence-corrected chi connectivity index (χ1v) is 12.0. The number of sulfonamides is 1. The highest BCUT2D eigenvalue weighted by molar-refractivity contribution is 7.92. The van der Waals surface area contributed by atoms with E-state index in [0.29, 0.717) is 28.2 Å². The van der Waals surface area contributed by atoms with Gasteiger partial charge in [0.1, 0.15) is 16.8 Å². The number of benzene rings is 3. The fourth-order valence-corrected chi connectivity index (χ4v) is 4.62. The summed E-state index contributed by atoms with van der Waals surface area (Å²) in [5.41, 5.74) is 1.94. The zero-order valence-electron chi connectivity index (χ0n) is 17.7. The molecule has 0 bridgehead atoms. The third-order valence-corrected chi connectivity index (χ3v) is 6.54. The van der Waals surface area contributed by atoms with Crippen molar-refractivity contribution in [3.05, 3.63) is 72.3 Å². The second kappa shape index (κ2) is 9.85. The van der Waals surface area contributed by atoms with Gasteiger partial charge in [-0.15, -0.1) is 0 Å². The van der Waals surface area contributed by atoms with Gasteiger partial charge < -0.3 is 14.8 Å². The minimum atomic E-state index is -3.97. The molecule has 0 aliphatic heterocycles. The van der Waals surface area contributed by atoms with Gasteiger partial charge in [0.2, 0.25) is 0 Å². The van der Waals surface area contributed by atoms with Crippen molar-refractivity contribution < 1.29 is 27.5 Å². The molecule has 0 aliphatic rings. The second-order valence-electron chi connectivity index (χ2n) is 6.92. The van der Waals surface area contributed by atoms with E-state index in [-0.39, 0.29) is 10.5 Å². The van der Waals surface area contributed by atoms with Crippen molar-refractivity contribution in [2.75, 3.05) is 23.8 Å². The molecular formula is C22H18N4O6S2. The summed E-state index contributed by atoms with van der Waals surface area (Å²) in [6, 6.07) is 16.8. The molecule has 0 saturated carbocycles. The summed E-state index contributed by atoms with van der Waals surface area (Å²) in [6.07, 6.45) is 0. The number of hydrogen-bond donors (Lipinski definition) is 2. The first-order chi connectivity index (χ1) is 16.4.